The summed E-state index contributed by atoms with van der Waals surface area (Å²) in [6.07, 6.45) is 1.47. The predicted octanol–water partition coefficient (Wildman–Crippen LogP) is 2.40. The van der Waals surface area contributed by atoms with Crippen LogP contribution in [0.3, 0.4) is 0 Å². The van der Waals surface area contributed by atoms with E-state index in [0.717, 1.165) is 0 Å². The van der Waals surface area contributed by atoms with Crippen LogP contribution in [0.25, 0.3) is 0 Å². The number of nitrogens with two attached hydrogens (primary N) is 1. The van der Waals surface area contributed by atoms with Gasteiger partial charge in [-0.3, -0.25) is 4.79 Å². The number of amides is 1. The average molecular weight is 391 g/mol. The fourth-order valence-corrected chi connectivity index (χ4v) is 2.89. The van der Waals surface area contributed by atoms with Crippen molar-refractivity contribution in [2.24, 2.45) is 5.14 Å². The van der Waals surface area contributed by atoms with Crippen molar-refractivity contribution in [2.75, 3.05) is 5.32 Å². The number of rotatable bonds is 3. The molecule has 1 amide bonds. The Kier molecular flexibility index (Phi) is 4.62. The third-order valence-electron chi connectivity index (χ3n) is 2.52. The van der Waals surface area contributed by atoms with Crippen LogP contribution in [0.1, 0.15) is 10.4 Å². The van der Waals surface area contributed by atoms with Crippen LogP contribution < -0.4 is 10.5 Å². The molecule has 0 saturated heterocycles. The summed E-state index contributed by atoms with van der Waals surface area (Å²) in [5, 5.41) is 7.70. The summed E-state index contributed by atoms with van der Waals surface area (Å²) < 4.78 is 22.8. The molecule has 9 heteroatoms. The number of primary sulfonamides is 1. The van der Waals surface area contributed by atoms with E-state index < -0.39 is 15.9 Å². The van der Waals surface area contributed by atoms with Crippen LogP contribution in [0.2, 0.25) is 5.15 Å². The molecule has 0 radical (unpaired) electrons. The minimum absolute atomic E-state index is 0.0632. The van der Waals surface area contributed by atoms with Gasteiger partial charge in [-0.25, -0.2) is 18.5 Å². The lowest BCUT2D eigenvalue weighted by molar-refractivity contribution is 0.102. The van der Waals surface area contributed by atoms with E-state index in [2.05, 4.69) is 26.2 Å². The van der Waals surface area contributed by atoms with Gasteiger partial charge < -0.3 is 5.32 Å². The van der Waals surface area contributed by atoms with Crippen molar-refractivity contribution in [1.82, 2.24) is 4.98 Å². The number of pyridine rings is 1. The number of benzene rings is 1. The predicted molar refractivity (Wildman–Crippen MR) is 82.7 cm³/mol. The lowest BCUT2D eigenvalue weighted by Crippen LogP contribution is -2.15. The molecule has 1 aromatic carbocycles. The number of sulfonamides is 1. The summed E-state index contributed by atoms with van der Waals surface area (Å²) in [5.41, 5.74) is 0.592. The lowest BCUT2D eigenvalue weighted by atomic mass is 10.2. The first-order valence-electron chi connectivity index (χ1n) is 5.53. The maximum atomic E-state index is 12.1. The number of anilines is 1. The molecular weight excluding hydrogens is 382 g/mol. The minimum Gasteiger partial charge on any atom is -0.321 e. The molecule has 3 N–H and O–H groups in total. The quantitative estimate of drug-likeness (QED) is 0.786. The fraction of sp³-hybridized carbons (Fsp3) is 0. The maximum Gasteiger partial charge on any atom is 0.258 e. The van der Waals surface area contributed by atoms with Crippen LogP contribution >= 0.6 is 27.5 Å². The van der Waals surface area contributed by atoms with Crippen molar-refractivity contribution in [3.63, 3.8) is 0 Å². The normalized spacial score (nSPS) is 11.2. The Labute approximate surface area is 134 Å². The monoisotopic (exact) mass is 389 g/mol. The molecule has 0 aliphatic rings. The van der Waals surface area contributed by atoms with Crippen LogP contribution in [0.15, 0.2) is 45.9 Å². The molecular formula is C12H9BrClN3O3S. The van der Waals surface area contributed by atoms with Crippen molar-refractivity contribution in [2.45, 2.75) is 4.90 Å². The summed E-state index contributed by atoms with van der Waals surface area (Å²) >= 11 is 9.01. The van der Waals surface area contributed by atoms with E-state index in [1.165, 1.54) is 30.5 Å². The maximum absolute atomic E-state index is 12.1. The van der Waals surface area contributed by atoms with E-state index in [9.17, 15) is 13.2 Å². The zero-order valence-corrected chi connectivity index (χ0v) is 13.5. The van der Waals surface area contributed by atoms with Crippen molar-refractivity contribution in [3.8, 4) is 0 Å². The number of carbonyl (C=O) groups is 1. The molecule has 0 aliphatic heterocycles. The van der Waals surface area contributed by atoms with E-state index in [-0.39, 0.29) is 15.6 Å². The highest BCUT2D eigenvalue weighted by Crippen LogP contribution is 2.26. The Bertz CT molecular complexity index is 811. The summed E-state index contributed by atoms with van der Waals surface area (Å²) in [5.74, 6) is -0.461. The number of hydrogen-bond donors (Lipinski definition) is 2. The number of aromatic nitrogens is 1. The largest absolute Gasteiger partial charge is 0.321 e. The molecule has 21 heavy (non-hydrogen) atoms. The lowest BCUT2D eigenvalue weighted by Gasteiger charge is -2.09. The smallest absolute Gasteiger partial charge is 0.258 e. The molecule has 0 bridgehead atoms. The first-order chi connectivity index (χ1) is 9.79. The summed E-state index contributed by atoms with van der Waals surface area (Å²) in [4.78, 5) is 15.8. The van der Waals surface area contributed by atoms with Gasteiger partial charge in [0.2, 0.25) is 10.0 Å². The summed E-state index contributed by atoms with van der Waals surface area (Å²) in [7, 11) is -3.80. The van der Waals surface area contributed by atoms with Crippen LogP contribution in [0.5, 0.6) is 0 Å². The second-order valence-electron chi connectivity index (χ2n) is 3.98. The fourth-order valence-electron chi connectivity index (χ4n) is 1.52. The Hall–Kier alpha value is -1.48. The zero-order valence-electron chi connectivity index (χ0n) is 10.4. The highest BCUT2D eigenvalue weighted by Gasteiger charge is 2.14. The van der Waals surface area contributed by atoms with E-state index in [1.807, 2.05) is 0 Å². The van der Waals surface area contributed by atoms with Gasteiger partial charge in [-0.2, -0.15) is 0 Å². The average Bonchev–Trinajstić information content (AvgIpc) is 2.40. The molecule has 0 spiro atoms. The van der Waals surface area contributed by atoms with Gasteiger partial charge in [0.15, 0.2) is 0 Å². The van der Waals surface area contributed by atoms with Gasteiger partial charge in [-0.05, 0) is 46.3 Å². The van der Waals surface area contributed by atoms with E-state index in [0.29, 0.717) is 10.2 Å². The molecule has 6 nitrogen and oxygen atoms in total. The van der Waals surface area contributed by atoms with Gasteiger partial charge in [-0.1, -0.05) is 11.6 Å². The molecule has 0 fully saturated rings. The second-order valence-corrected chi connectivity index (χ2v) is 6.76. The molecule has 0 saturated carbocycles. The van der Waals surface area contributed by atoms with Crippen molar-refractivity contribution in [3.05, 3.63) is 51.7 Å². The highest BCUT2D eigenvalue weighted by molar-refractivity contribution is 9.10. The first kappa shape index (κ1) is 15.9. The van der Waals surface area contributed by atoms with Gasteiger partial charge in [0, 0.05) is 10.7 Å². The molecule has 0 aliphatic carbocycles. The number of nitrogens with zero attached hydrogens (tertiary/aromatic N) is 1. The molecule has 2 rings (SSSR count). The minimum atomic E-state index is -3.80. The Morgan fingerprint density at radius 3 is 2.62 bits per heavy atom. The number of carbonyl (C=O) groups excluding carboxylic acids is 1. The molecule has 2 aromatic rings. The van der Waals surface area contributed by atoms with E-state index in [4.69, 9.17) is 16.7 Å². The number of nitrogens with one attached hydrogen (secondary N) is 1. The van der Waals surface area contributed by atoms with Crippen molar-refractivity contribution >= 4 is 49.1 Å². The molecule has 1 aromatic heterocycles. The summed E-state index contributed by atoms with van der Waals surface area (Å²) in [6.45, 7) is 0. The van der Waals surface area contributed by atoms with Crippen molar-refractivity contribution in [1.29, 1.82) is 0 Å². The number of hydrogen-bond acceptors (Lipinski definition) is 4. The van der Waals surface area contributed by atoms with Gasteiger partial charge in [0.1, 0.15) is 5.15 Å². The molecule has 0 atom stereocenters. The molecule has 1 heterocycles. The zero-order chi connectivity index (χ0) is 15.6. The summed E-state index contributed by atoms with van der Waals surface area (Å²) in [6, 6.07) is 7.12. The second kappa shape index (κ2) is 6.10. The van der Waals surface area contributed by atoms with Crippen molar-refractivity contribution < 1.29 is 13.2 Å². The first-order valence-corrected chi connectivity index (χ1v) is 8.25. The third kappa shape index (κ3) is 3.79. The third-order valence-corrected chi connectivity index (χ3v) is 4.39. The highest BCUT2D eigenvalue weighted by atomic mass is 79.9. The van der Waals surface area contributed by atoms with E-state index in [1.54, 1.807) is 6.07 Å². The van der Waals surface area contributed by atoms with Gasteiger partial charge in [0.25, 0.3) is 5.91 Å². The number of halogens is 2. The van der Waals surface area contributed by atoms with E-state index >= 15 is 0 Å². The SMILES string of the molecule is NS(=O)(=O)c1ccc(NC(=O)c2cccnc2Cl)c(Br)c1. The van der Waals surface area contributed by atoms with Crippen LogP contribution in [-0.4, -0.2) is 19.3 Å². The standard InChI is InChI=1S/C12H9BrClN3O3S/c13-9-6-7(21(15,19)20)3-4-10(9)17-12(18)8-2-1-5-16-11(8)14/h1-6H,(H,17,18)(H2,15,19,20). The van der Waals surface area contributed by atoms with Gasteiger partial charge >= 0.3 is 0 Å². The Balaban J connectivity index is 2.29. The molecule has 110 valence electrons. The Morgan fingerprint density at radius 2 is 2.05 bits per heavy atom. The van der Waals surface area contributed by atoms with Gasteiger partial charge in [-0.15, -0.1) is 0 Å². The molecule has 0 unspecified atom stereocenters. The topological polar surface area (TPSA) is 102 Å². The van der Waals surface area contributed by atoms with Crippen LogP contribution in [0.4, 0.5) is 5.69 Å². The Morgan fingerprint density at radius 1 is 1.33 bits per heavy atom. The van der Waals surface area contributed by atoms with Crippen LogP contribution in [0, 0.1) is 0 Å². The van der Waals surface area contributed by atoms with Gasteiger partial charge in [0.05, 0.1) is 16.1 Å². The van der Waals surface area contributed by atoms with Crippen LogP contribution in [-0.2, 0) is 10.0 Å².